The van der Waals surface area contributed by atoms with Gasteiger partial charge in [-0.1, -0.05) is 24.3 Å². The molecule has 1 aliphatic heterocycles. The molecule has 0 spiro atoms. The molecule has 32 heavy (non-hydrogen) atoms. The highest BCUT2D eigenvalue weighted by Crippen LogP contribution is 2.25. The smallest absolute Gasteiger partial charge is 0.267 e. The number of likely N-dealkylation sites (N-methyl/N-ethyl adjacent to an activating group) is 1. The van der Waals surface area contributed by atoms with E-state index in [0.717, 1.165) is 18.7 Å². The Morgan fingerprint density at radius 1 is 1.09 bits per heavy atom. The summed E-state index contributed by atoms with van der Waals surface area (Å²) in [7, 11) is -2.07. The lowest BCUT2D eigenvalue weighted by Crippen LogP contribution is -2.45. The van der Waals surface area contributed by atoms with Crippen molar-refractivity contribution in [3.05, 3.63) is 75.0 Å². The largest absolute Gasteiger partial charge is 0.353 e. The number of fused-ring (bicyclic) bond motifs is 1. The predicted molar refractivity (Wildman–Crippen MR) is 123 cm³/mol. The van der Waals surface area contributed by atoms with Gasteiger partial charge in [-0.15, -0.1) is 0 Å². The van der Waals surface area contributed by atoms with Crippen molar-refractivity contribution in [1.29, 1.82) is 5.26 Å². The molecule has 0 aliphatic carbocycles. The third-order valence-corrected chi connectivity index (χ3v) is 7.28. The van der Waals surface area contributed by atoms with Gasteiger partial charge in [0.1, 0.15) is 22.4 Å². The molecule has 0 radical (unpaired) electrons. The number of rotatable bonds is 4. The third-order valence-electron chi connectivity index (χ3n) is 5.60. The average Bonchev–Trinajstić information content (AvgIpc) is 2.80. The minimum atomic E-state index is -4.09. The van der Waals surface area contributed by atoms with E-state index in [1.54, 1.807) is 36.5 Å². The summed E-state index contributed by atoms with van der Waals surface area (Å²) in [5, 5.41) is 9.72. The first-order valence-corrected chi connectivity index (χ1v) is 11.7. The Kier molecular flexibility index (Phi) is 5.82. The minimum Gasteiger partial charge on any atom is -0.353 e. The highest BCUT2D eigenvalue weighted by atomic mass is 32.2. The van der Waals surface area contributed by atoms with Gasteiger partial charge in [0.15, 0.2) is 0 Å². The summed E-state index contributed by atoms with van der Waals surface area (Å²) in [5.41, 5.74) is 1.01. The number of hydrogen-bond acceptors (Lipinski definition) is 7. The molecule has 1 fully saturated rings. The van der Waals surface area contributed by atoms with Gasteiger partial charge in [-0.05, 0) is 43.8 Å². The first-order valence-electron chi connectivity index (χ1n) is 10.2. The fourth-order valence-corrected chi connectivity index (χ4v) is 4.88. The van der Waals surface area contributed by atoms with Crippen LogP contribution in [-0.2, 0) is 9.84 Å². The van der Waals surface area contributed by atoms with Gasteiger partial charge in [0.2, 0.25) is 9.84 Å². The Morgan fingerprint density at radius 3 is 2.44 bits per heavy atom. The normalized spacial score (nSPS) is 15.7. The van der Waals surface area contributed by atoms with Crippen LogP contribution < -0.4 is 10.5 Å². The zero-order valence-corrected chi connectivity index (χ0v) is 18.7. The van der Waals surface area contributed by atoms with E-state index in [2.05, 4.69) is 4.90 Å². The first-order chi connectivity index (χ1) is 15.3. The molecule has 1 saturated heterocycles. The summed E-state index contributed by atoms with van der Waals surface area (Å²) in [4.78, 5) is 21.9. The van der Waals surface area contributed by atoms with Crippen LogP contribution in [0, 0.1) is 18.3 Å². The van der Waals surface area contributed by atoms with Crippen molar-refractivity contribution in [1.82, 2.24) is 14.3 Å². The average molecular weight is 450 g/mol. The summed E-state index contributed by atoms with van der Waals surface area (Å²) in [6.07, 6.45) is 2.76. The van der Waals surface area contributed by atoms with Crippen LogP contribution in [0.4, 0.5) is 5.82 Å². The molecular weight excluding hydrogens is 426 g/mol. The molecular formula is C23H23N5O3S. The van der Waals surface area contributed by atoms with Gasteiger partial charge < -0.3 is 9.80 Å². The zero-order valence-electron chi connectivity index (χ0n) is 17.9. The van der Waals surface area contributed by atoms with E-state index >= 15 is 0 Å². The van der Waals surface area contributed by atoms with E-state index in [0.29, 0.717) is 24.6 Å². The molecule has 0 amide bonds. The van der Waals surface area contributed by atoms with Gasteiger partial charge in [-0.2, -0.15) is 5.26 Å². The maximum atomic E-state index is 13.5. The van der Waals surface area contributed by atoms with E-state index in [1.165, 1.54) is 22.6 Å². The molecule has 0 saturated carbocycles. The van der Waals surface area contributed by atoms with Gasteiger partial charge in [0.05, 0.1) is 10.5 Å². The number of sulfone groups is 1. The number of nitriles is 1. The van der Waals surface area contributed by atoms with Gasteiger partial charge >= 0.3 is 0 Å². The van der Waals surface area contributed by atoms with Crippen LogP contribution >= 0.6 is 0 Å². The molecule has 1 aromatic carbocycles. The van der Waals surface area contributed by atoms with Crippen LogP contribution in [0.15, 0.2) is 63.3 Å². The van der Waals surface area contributed by atoms with Crippen molar-refractivity contribution in [3.63, 3.8) is 0 Å². The Labute approximate surface area is 186 Å². The second-order valence-corrected chi connectivity index (χ2v) is 9.68. The number of aromatic nitrogens is 2. The molecule has 0 bridgehead atoms. The van der Waals surface area contributed by atoms with Crippen LogP contribution in [0.1, 0.15) is 11.1 Å². The van der Waals surface area contributed by atoms with Gasteiger partial charge in [0, 0.05) is 32.4 Å². The lowest BCUT2D eigenvalue weighted by Gasteiger charge is -2.34. The fraction of sp³-hybridized carbons (Fsp3) is 0.261. The van der Waals surface area contributed by atoms with Crippen LogP contribution in [-0.4, -0.2) is 55.9 Å². The topological polar surface area (TPSA) is 98.8 Å². The number of nitrogens with zero attached hydrogens (tertiary/aromatic N) is 5. The minimum absolute atomic E-state index is 0.00126. The molecule has 9 heteroatoms. The van der Waals surface area contributed by atoms with Crippen molar-refractivity contribution < 1.29 is 8.42 Å². The number of piperazine rings is 1. The van der Waals surface area contributed by atoms with Crippen molar-refractivity contribution in [3.8, 4) is 6.07 Å². The van der Waals surface area contributed by atoms with E-state index in [9.17, 15) is 18.5 Å². The van der Waals surface area contributed by atoms with Crippen molar-refractivity contribution in [2.75, 3.05) is 38.1 Å². The zero-order chi connectivity index (χ0) is 22.9. The molecule has 164 valence electrons. The van der Waals surface area contributed by atoms with Gasteiger partial charge in [0.25, 0.3) is 5.56 Å². The lowest BCUT2D eigenvalue weighted by atomic mass is 10.2. The van der Waals surface area contributed by atoms with Crippen molar-refractivity contribution in [2.24, 2.45) is 0 Å². The van der Waals surface area contributed by atoms with E-state index in [4.69, 9.17) is 4.98 Å². The monoisotopic (exact) mass is 449 g/mol. The summed E-state index contributed by atoms with van der Waals surface area (Å²) in [5.74, 6) is 0.397. The molecule has 8 nitrogen and oxygen atoms in total. The van der Waals surface area contributed by atoms with Crippen molar-refractivity contribution in [2.45, 2.75) is 11.8 Å². The molecule has 0 atom stereocenters. The van der Waals surface area contributed by atoms with E-state index < -0.39 is 20.3 Å². The molecule has 1 aliphatic rings. The molecule has 4 rings (SSSR count). The maximum Gasteiger partial charge on any atom is 0.267 e. The molecule has 0 N–H and O–H groups in total. The first kappa shape index (κ1) is 21.7. The quantitative estimate of drug-likeness (QED) is 0.563. The standard InChI is InChI=1S/C23H23N5O3S/c1-17-7-6-10-28-21(17)25-22(27-13-11-26(2)12-14-27)20(23(28)29)15-19(16-24)32(30,31)18-8-4-3-5-9-18/h3-10,15H,11-14H2,1-2H3/b19-15+. The number of aryl methyl sites for hydroxylation is 1. The number of hydrogen-bond donors (Lipinski definition) is 0. The third kappa shape index (κ3) is 3.90. The lowest BCUT2D eigenvalue weighted by molar-refractivity contribution is 0.312. The second kappa shape index (κ2) is 8.57. The Bertz CT molecular complexity index is 1400. The predicted octanol–water partition coefficient (Wildman–Crippen LogP) is 2.09. The highest BCUT2D eigenvalue weighted by molar-refractivity contribution is 7.95. The molecule has 0 unspecified atom stereocenters. The Balaban J connectivity index is 1.96. The van der Waals surface area contributed by atoms with Crippen LogP contribution in [0.3, 0.4) is 0 Å². The maximum absolute atomic E-state index is 13.5. The Hall–Kier alpha value is -3.48. The van der Waals surface area contributed by atoms with Crippen LogP contribution in [0.25, 0.3) is 11.7 Å². The Morgan fingerprint density at radius 2 is 1.78 bits per heavy atom. The summed E-state index contributed by atoms with van der Waals surface area (Å²) in [6, 6.07) is 13.1. The summed E-state index contributed by atoms with van der Waals surface area (Å²) in [6.45, 7) is 4.71. The number of anilines is 1. The van der Waals surface area contributed by atoms with Gasteiger partial charge in [-0.3, -0.25) is 9.20 Å². The number of pyridine rings is 1. The second-order valence-electron chi connectivity index (χ2n) is 7.77. The number of benzene rings is 1. The number of allylic oxidation sites excluding steroid dienone is 1. The summed E-state index contributed by atoms with van der Waals surface area (Å²) < 4.78 is 27.6. The van der Waals surface area contributed by atoms with Crippen LogP contribution in [0.5, 0.6) is 0 Å². The molecule has 3 heterocycles. The molecule has 3 aromatic rings. The van der Waals surface area contributed by atoms with E-state index in [1.807, 2.05) is 24.9 Å². The fourth-order valence-electron chi connectivity index (χ4n) is 3.71. The van der Waals surface area contributed by atoms with E-state index in [-0.39, 0.29) is 10.5 Å². The highest BCUT2D eigenvalue weighted by Gasteiger charge is 2.25. The molecule has 2 aromatic heterocycles. The van der Waals surface area contributed by atoms with Gasteiger partial charge in [-0.25, -0.2) is 13.4 Å². The van der Waals surface area contributed by atoms with Crippen LogP contribution in [0.2, 0.25) is 0 Å². The SMILES string of the molecule is Cc1cccn2c(=O)c(/C=C(\C#N)S(=O)(=O)c3ccccc3)c(N3CCN(C)CC3)nc12. The van der Waals surface area contributed by atoms with Crippen molar-refractivity contribution >= 4 is 27.4 Å². The summed E-state index contributed by atoms with van der Waals surface area (Å²) >= 11 is 0.